The van der Waals surface area contributed by atoms with Gasteiger partial charge in [0.2, 0.25) is 5.91 Å². The number of carbonyl (C=O) groups excluding carboxylic acids is 1. The smallest absolute Gasteiger partial charge is 0.223 e. The molecule has 0 aromatic heterocycles. The minimum atomic E-state index is 0.266. The number of benzene rings is 1. The summed E-state index contributed by atoms with van der Waals surface area (Å²) in [6.45, 7) is 6.35. The average Bonchev–Trinajstić information content (AvgIpc) is 3.36. The zero-order valence-electron chi connectivity index (χ0n) is 14.4. The molecule has 3 rings (SSSR count). The molecular formula is C19H28N2O2. The van der Waals surface area contributed by atoms with Crippen LogP contribution < -0.4 is 15.0 Å². The molecule has 1 saturated carbocycles. The van der Waals surface area contributed by atoms with Gasteiger partial charge in [-0.3, -0.25) is 4.79 Å². The SMILES string of the molecule is COc1ccccc1N1CCC(NC(=O)C2CC2C(C)C)CC1. The number of rotatable bonds is 5. The molecule has 2 atom stereocenters. The summed E-state index contributed by atoms with van der Waals surface area (Å²) in [5.41, 5.74) is 1.15. The van der Waals surface area contributed by atoms with Gasteiger partial charge < -0.3 is 15.0 Å². The van der Waals surface area contributed by atoms with Gasteiger partial charge in [-0.2, -0.15) is 0 Å². The quantitative estimate of drug-likeness (QED) is 0.908. The van der Waals surface area contributed by atoms with E-state index in [1.54, 1.807) is 7.11 Å². The summed E-state index contributed by atoms with van der Waals surface area (Å²) in [5.74, 6) is 2.69. The van der Waals surface area contributed by atoms with Crippen LogP contribution in [0.2, 0.25) is 0 Å². The van der Waals surface area contributed by atoms with Crippen molar-refractivity contribution >= 4 is 11.6 Å². The highest BCUT2D eigenvalue weighted by Crippen LogP contribution is 2.44. The molecule has 1 aromatic rings. The Hall–Kier alpha value is -1.71. The Morgan fingerprint density at radius 2 is 1.96 bits per heavy atom. The normalized spacial score (nSPS) is 24.6. The number of nitrogens with one attached hydrogen (secondary N) is 1. The lowest BCUT2D eigenvalue weighted by Gasteiger charge is -2.34. The molecule has 1 aliphatic heterocycles. The number of carbonyl (C=O) groups is 1. The number of hydrogen-bond donors (Lipinski definition) is 1. The number of para-hydroxylation sites is 2. The van der Waals surface area contributed by atoms with Gasteiger partial charge in [-0.1, -0.05) is 26.0 Å². The average molecular weight is 316 g/mol. The fraction of sp³-hybridized carbons (Fsp3) is 0.632. The highest BCUT2D eigenvalue weighted by atomic mass is 16.5. The van der Waals surface area contributed by atoms with E-state index in [1.807, 2.05) is 18.2 Å². The molecule has 1 heterocycles. The van der Waals surface area contributed by atoms with Crippen molar-refractivity contribution in [1.29, 1.82) is 0 Å². The maximum Gasteiger partial charge on any atom is 0.223 e. The van der Waals surface area contributed by atoms with Gasteiger partial charge in [-0.25, -0.2) is 0 Å². The number of ether oxygens (including phenoxy) is 1. The summed E-state index contributed by atoms with van der Waals surface area (Å²) in [4.78, 5) is 14.7. The van der Waals surface area contributed by atoms with Crippen LogP contribution in [0.4, 0.5) is 5.69 Å². The molecule has 1 amide bonds. The van der Waals surface area contributed by atoms with Crippen molar-refractivity contribution in [3.8, 4) is 5.75 Å². The summed E-state index contributed by atoms with van der Waals surface area (Å²) >= 11 is 0. The van der Waals surface area contributed by atoms with E-state index in [0.717, 1.165) is 43.8 Å². The zero-order valence-corrected chi connectivity index (χ0v) is 14.4. The molecule has 1 saturated heterocycles. The van der Waals surface area contributed by atoms with Crippen molar-refractivity contribution in [2.45, 2.75) is 39.2 Å². The first-order valence-corrected chi connectivity index (χ1v) is 8.78. The molecule has 1 N–H and O–H groups in total. The van der Waals surface area contributed by atoms with E-state index in [0.29, 0.717) is 17.9 Å². The van der Waals surface area contributed by atoms with Crippen LogP contribution in [0.15, 0.2) is 24.3 Å². The predicted molar refractivity (Wildman–Crippen MR) is 92.8 cm³/mol. The van der Waals surface area contributed by atoms with Gasteiger partial charge in [0.15, 0.2) is 0 Å². The monoisotopic (exact) mass is 316 g/mol. The van der Waals surface area contributed by atoms with E-state index < -0.39 is 0 Å². The molecule has 2 unspecified atom stereocenters. The van der Waals surface area contributed by atoms with E-state index in [2.05, 4.69) is 30.1 Å². The first-order valence-electron chi connectivity index (χ1n) is 8.78. The van der Waals surface area contributed by atoms with Crippen LogP contribution in [-0.2, 0) is 4.79 Å². The molecule has 2 aliphatic rings. The lowest BCUT2D eigenvalue weighted by Crippen LogP contribution is -2.45. The Labute approximate surface area is 139 Å². The first kappa shape index (κ1) is 16.2. The van der Waals surface area contributed by atoms with E-state index in [1.165, 1.54) is 0 Å². The Morgan fingerprint density at radius 3 is 2.57 bits per heavy atom. The molecule has 1 aromatic carbocycles. The van der Waals surface area contributed by atoms with Crippen molar-refractivity contribution in [2.24, 2.45) is 17.8 Å². The molecule has 0 spiro atoms. The van der Waals surface area contributed by atoms with Crippen LogP contribution in [0.5, 0.6) is 5.75 Å². The summed E-state index contributed by atoms with van der Waals surface area (Å²) in [6.07, 6.45) is 3.08. The van der Waals surface area contributed by atoms with Gasteiger partial charge in [0, 0.05) is 25.0 Å². The van der Waals surface area contributed by atoms with E-state index in [9.17, 15) is 4.79 Å². The predicted octanol–water partition coefficient (Wildman–Crippen LogP) is 3.07. The molecule has 23 heavy (non-hydrogen) atoms. The molecule has 4 nitrogen and oxygen atoms in total. The van der Waals surface area contributed by atoms with Crippen LogP contribution in [0.3, 0.4) is 0 Å². The van der Waals surface area contributed by atoms with Crippen molar-refractivity contribution < 1.29 is 9.53 Å². The number of methoxy groups -OCH3 is 1. The van der Waals surface area contributed by atoms with Gasteiger partial charge in [0.25, 0.3) is 0 Å². The Balaban J connectivity index is 1.50. The maximum absolute atomic E-state index is 12.3. The molecule has 1 aliphatic carbocycles. The van der Waals surface area contributed by atoms with Gasteiger partial charge in [-0.15, -0.1) is 0 Å². The van der Waals surface area contributed by atoms with Crippen LogP contribution in [0, 0.1) is 17.8 Å². The second kappa shape index (κ2) is 6.81. The standard InChI is InChI=1S/C19H28N2O2/c1-13(2)15-12-16(15)19(22)20-14-8-10-21(11-9-14)17-6-4-5-7-18(17)23-3/h4-7,13-16H,8-12H2,1-3H3,(H,20,22). The summed E-state index contributed by atoms with van der Waals surface area (Å²) in [6, 6.07) is 8.47. The molecular weight excluding hydrogens is 288 g/mol. The van der Waals surface area contributed by atoms with Gasteiger partial charge in [0.05, 0.1) is 12.8 Å². The number of amides is 1. The second-order valence-corrected chi connectivity index (χ2v) is 7.19. The zero-order chi connectivity index (χ0) is 16.4. The van der Waals surface area contributed by atoms with Crippen molar-refractivity contribution in [1.82, 2.24) is 5.32 Å². The van der Waals surface area contributed by atoms with Crippen molar-refractivity contribution in [3.63, 3.8) is 0 Å². The Bertz CT molecular complexity index is 550. The van der Waals surface area contributed by atoms with Crippen LogP contribution in [0.1, 0.15) is 33.1 Å². The number of anilines is 1. The van der Waals surface area contributed by atoms with Gasteiger partial charge in [-0.05, 0) is 43.2 Å². The summed E-state index contributed by atoms with van der Waals surface area (Å²) < 4.78 is 5.45. The van der Waals surface area contributed by atoms with Crippen LogP contribution in [0.25, 0.3) is 0 Å². The number of nitrogens with zero attached hydrogens (tertiary/aromatic N) is 1. The minimum absolute atomic E-state index is 0.266. The molecule has 2 fully saturated rings. The highest BCUT2D eigenvalue weighted by Gasteiger charge is 2.45. The second-order valence-electron chi connectivity index (χ2n) is 7.19. The largest absolute Gasteiger partial charge is 0.495 e. The third-order valence-electron chi connectivity index (χ3n) is 5.30. The number of hydrogen-bond acceptors (Lipinski definition) is 3. The Morgan fingerprint density at radius 1 is 1.26 bits per heavy atom. The fourth-order valence-electron chi connectivity index (χ4n) is 3.72. The summed E-state index contributed by atoms with van der Waals surface area (Å²) in [5, 5.41) is 3.27. The van der Waals surface area contributed by atoms with Gasteiger partial charge in [0.1, 0.15) is 5.75 Å². The lowest BCUT2D eigenvalue weighted by molar-refractivity contribution is -0.123. The topological polar surface area (TPSA) is 41.6 Å². The highest BCUT2D eigenvalue weighted by molar-refractivity contribution is 5.81. The minimum Gasteiger partial charge on any atom is -0.495 e. The van der Waals surface area contributed by atoms with E-state index in [-0.39, 0.29) is 11.8 Å². The number of piperidine rings is 1. The maximum atomic E-state index is 12.3. The van der Waals surface area contributed by atoms with Crippen LogP contribution >= 0.6 is 0 Å². The van der Waals surface area contributed by atoms with Crippen molar-refractivity contribution in [3.05, 3.63) is 24.3 Å². The fourth-order valence-corrected chi connectivity index (χ4v) is 3.72. The lowest BCUT2D eigenvalue weighted by atomic mass is 10.0. The van der Waals surface area contributed by atoms with Crippen molar-refractivity contribution in [2.75, 3.05) is 25.1 Å². The van der Waals surface area contributed by atoms with Crippen LogP contribution in [-0.4, -0.2) is 32.1 Å². The third-order valence-corrected chi connectivity index (χ3v) is 5.30. The summed E-state index contributed by atoms with van der Waals surface area (Å²) in [7, 11) is 1.71. The third kappa shape index (κ3) is 3.62. The molecule has 126 valence electrons. The molecule has 0 bridgehead atoms. The Kier molecular flexibility index (Phi) is 4.79. The van der Waals surface area contributed by atoms with E-state index in [4.69, 9.17) is 4.74 Å². The van der Waals surface area contributed by atoms with Gasteiger partial charge >= 0.3 is 0 Å². The van der Waals surface area contributed by atoms with E-state index >= 15 is 0 Å². The molecule has 4 heteroatoms. The first-order chi connectivity index (χ1) is 11.1. The molecule has 0 radical (unpaired) electrons.